The average molecular weight is 363 g/mol. The molecule has 5 nitrogen and oxygen atoms in total. The number of hydrogen-bond donors (Lipinski definition) is 3. The van der Waals surface area contributed by atoms with Crippen LogP contribution in [0.1, 0.15) is 11.4 Å². The van der Waals surface area contributed by atoms with Gasteiger partial charge in [0.2, 0.25) is 5.91 Å². The highest BCUT2D eigenvalue weighted by atomic mass is 35.5. The standard InChI is InChI=1S/C17H16Cl2N4O/c18-11-6-5-10(12(19)8-11)7-13(20)17(24)21-9-16-22-14-3-1-2-4-15(14)23-16/h1-6,8,13H,7,9,20H2,(H,21,24)(H,22,23)/t13-/m0/s1. The van der Waals surface area contributed by atoms with E-state index in [4.69, 9.17) is 28.9 Å². The SMILES string of the molecule is N[C@@H](Cc1ccc(Cl)cc1Cl)C(=O)NCc1nc2ccccc2[nH]1. The Morgan fingerprint density at radius 1 is 1.25 bits per heavy atom. The molecule has 124 valence electrons. The van der Waals surface area contributed by atoms with Crippen LogP contribution in [-0.4, -0.2) is 21.9 Å². The molecule has 0 aliphatic carbocycles. The molecule has 0 unspecified atom stereocenters. The summed E-state index contributed by atoms with van der Waals surface area (Å²) in [5.74, 6) is 0.419. The lowest BCUT2D eigenvalue weighted by molar-refractivity contribution is -0.122. The largest absolute Gasteiger partial charge is 0.348 e. The Hall–Kier alpha value is -2.08. The summed E-state index contributed by atoms with van der Waals surface area (Å²) >= 11 is 12.0. The van der Waals surface area contributed by atoms with Gasteiger partial charge in [-0.05, 0) is 36.2 Å². The fraction of sp³-hybridized carbons (Fsp3) is 0.176. The number of nitrogens with one attached hydrogen (secondary N) is 2. The highest BCUT2D eigenvalue weighted by Gasteiger charge is 2.16. The van der Waals surface area contributed by atoms with E-state index in [-0.39, 0.29) is 12.5 Å². The van der Waals surface area contributed by atoms with Crippen molar-refractivity contribution >= 4 is 40.1 Å². The van der Waals surface area contributed by atoms with Crippen LogP contribution in [0.2, 0.25) is 10.0 Å². The third-order valence-corrected chi connectivity index (χ3v) is 4.25. The number of H-pyrrole nitrogens is 1. The number of fused-ring (bicyclic) bond motifs is 1. The molecular weight excluding hydrogens is 347 g/mol. The minimum atomic E-state index is -0.701. The van der Waals surface area contributed by atoms with Crippen molar-refractivity contribution in [1.29, 1.82) is 0 Å². The molecule has 0 aliphatic heterocycles. The smallest absolute Gasteiger partial charge is 0.237 e. The number of aromatic amines is 1. The highest BCUT2D eigenvalue weighted by molar-refractivity contribution is 6.35. The first-order chi connectivity index (χ1) is 11.5. The summed E-state index contributed by atoms with van der Waals surface area (Å²) < 4.78 is 0. The van der Waals surface area contributed by atoms with Crippen LogP contribution in [0.3, 0.4) is 0 Å². The molecule has 1 atom stereocenters. The summed E-state index contributed by atoms with van der Waals surface area (Å²) in [5, 5.41) is 3.83. The van der Waals surface area contributed by atoms with E-state index in [0.717, 1.165) is 16.6 Å². The Morgan fingerprint density at radius 2 is 2.04 bits per heavy atom. The van der Waals surface area contributed by atoms with E-state index in [9.17, 15) is 4.79 Å². The van der Waals surface area contributed by atoms with E-state index in [0.29, 0.717) is 22.3 Å². The molecule has 0 radical (unpaired) electrons. The molecule has 0 bridgehead atoms. The van der Waals surface area contributed by atoms with Gasteiger partial charge >= 0.3 is 0 Å². The number of halogens is 2. The van der Waals surface area contributed by atoms with Gasteiger partial charge in [-0.25, -0.2) is 4.98 Å². The summed E-state index contributed by atoms with van der Waals surface area (Å²) in [6.45, 7) is 0.287. The number of aromatic nitrogens is 2. The number of hydrogen-bond acceptors (Lipinski definition) is 3. The highest BCUT2D eigenvalue weighted by Crippen LogP contribution is 2.21. The lowest BCUT2D eigenvalue weighted by Gasteiger charge is -2.12. The number of nitrogens with zero attached hydrogens (tertiary/aromatic N) is 1. The van der Waals surface area contributed by atoms with Crippen molar-refractivity contribution in [1.82, 2.24) is 15.3 Å². The van der Waals surface area contributed by atoms with Crippen molar-refractivity contribution < 1.29 is 4.79 Å². The second kappa shape index (κ2) is 7.21. The minimum absolute atomic E-state index is 0.263. The zero-order valence-electron chi connectivity index (χ0n) is 12.7. The number of carbonyl (C=O) groups excluding carboxylic acids is 1. The molecule has 1 aromatic heterocycles. The maximum absolute atomic E-state index is 12.2. The van der Waals surface area contributed by atoms with Crippen molar-refractivity contribution in [2.45, 2.75) is 19.0 Å². The summed E-state index contributed by atoms with van der Waals surface area (Å²) in [5.41, 5.74) is 8.54. The van der Waals surface area contributed by atoms with Gasteiger partial charge in [-0.15, -0.1) is 0 Å². The first-order valence-electron chi connectivity index (χ1n) is 7.44. The molecule has 1 heterocycles. The number of carbonyl (C=O) groups is 1. The molecule has 1 amide bonds. The third-order valence-electron chi connectivity index (χ3n) is 3.66. The first-order valence-corrected chi connectivity index (χ1v) is 8.19. The quantitative estimate of drug-likeness (QED) is 0.652. The fourth-order valence-corrected chi connectivity index (χ4v) is 2.89. The molecule has 3 aromatic rings. The van der Waals surface area contributed by atoms with Gasteiger partial charge in [-0.2, -0.15) is 0 Å². The van der Waals surface area contributed by atoms with E-state index in [1.807, 2.05) is 24.3 Å². The zero-order valence-corrected chi connectivity index (χ0v) is 14.2. The Morgan fingerprint density at radius 3 is 2.79 bits per heavy atom. The van der Waals surface area contributed by atoms with Gasteiger partial charge < -0.3 is 16.0 Å². The van der Waals surface area contributed by atoms with Crippen molar-refractivity contribution in [3.8, 4) is 0 Å². The molecular formula is C17H16Cl2N4O. The van der Waals surface area contributed by atoms with Crippen molar-refractivity contribution in [3.63, 3.8) is 0 Å². The Labute approximate surface area is 149 Å². The van der Waals surface area contributed by atoms with Crippen LogP contribution < -0.4 is 11.1 Å². The Balaban J connectivity index is 1.59. The molecule has 0 saturated carbocycles. The number of benzene rings is 2. The average Bonchev–Trinajstić information content (AvgIpc) is 2.98. The summed E-state index contributed by atoms with van der Waals surface area (Å²) in [6, 6.07) is 12.1. The summed E-state index contributed by atoms with van der Waals surface area (Å²) in [4.78, 5) is 19.7. The second-order valence-corrected chi connectivity index (χ2v) is 6.31. The van der Waals surface area contributed by atoms with Crippen LogP contribution in [0.25, 0.3) is 11.0 Å². The number of rotatable bonds is 5. The Kier molecular flexibility index (Phi) is 5.04. The number of imidazole rings is 1. The number of nitrogens with two attached hydrogens (primary N) is 1. The number of para-hydroxylation sites is 2. The topological polar surface area (TPSA) is 83.8 Å². The summed E-state index contributed by atoms with van der Waals surface area (Å²) in [7, 11) is 0. The minimum Gasteiger partial charge on any atom is -0.348 e. The Bertz CT molecular complexity index is 845. The van der Waals surface area contributed by atoms with Gasteiger partial charge in [0.15, 0.2) is 0 Å². The van der Waals surface area contributed by atoms with Gasteiger partial charge in [-0.1, -0.05) is 41.4 Å². The predicted octanol–water partition coefficient (Wildman–Crippen LogP) is 3.06. The molecule has 2 aromatic carbocycles. The van der Waals surface area contributed by atoms with Crippen LogP contribution in [0.5, 0.6) is 0 Å². The lowest BCUT2D eigenvalue weighted by atomic mass is 10.1. The van der Waals surface area contributed by atoms with Crippen LogP contribution >= 0.6 is 23.2 Å². The molecule has 0 fully saturated rings. The van der Waals surface area contributed by atoms with E-state index in [2.05, 4.69) is 15.3 Å². The van der Waals surface area contributed by atoms with Gasteiger partial charge in [-0.3, -0.25) is 4.79 Å². The molecule has 0 spiro atoms. The van der Waals surface area contributed by atoms with Gasteiger partial charge in [0.25, 0.3) is 0 Å². The van der Waals surface area contributed by atoms with Gasteiger partial charge in [0, 0.05) is 10.0 Å². The van der Waals surface area contributed by atoms with E-state index >= 15 is 0 Å². The molecule has 0 saturated heterocycles. The monoisotopic (exact) mass is 362 g/mol. The maximum Gasteiger partial charge on any atom is 0.237 e. The van der Waals surface area contributed by atoms with E-state index in [1.165, 1.54) is 0 Å². The third kappa shape index (κ3) is 3.87. The van der Waals surface area contributed by atoms with E-state index in [1.54, 1.807) is 18.2 Å². The van der Waals surface area contributed by atoms with Crippen molar-refractivity contribution in [3.05, 3.63) is 63.9 Å². The van der Waals surface area contributed by atoms with Gasteiger partial charge in [0.1, 0.15) is 5.82 Å². The normalized spacial score (nSPS) is 12.3. The maximum atomic E-state index is 12.2. The van der Waals surface area contributed by atoms with Crippen LogP contribution in [-0.2, 0) is 17.8 Å². The first kappa shape index (κ1) is 16.8. The summed E-state index contributed by atoms with van der Waals surface area (Å²) in [6.07, 6.45) is 0.335. The molecule has 3 rings (SSSR count). The molecule has 24 heavy (non-hydrogen) atoms. The van der Waals surface area contributed by atoms with Crippen LogP contribution in [0.15, 0.2) is 42.5 Å². The lowest BCUT2D eigenvalue weighted by Crippen LogP contribution is -2.41. The van der Waals surface area contributed by atoms with Crippen molar-refractivity contribution in [2.75, 3.05) is 0 Å². The van der Waals surface area contributed by atoms with Crippen molar-refractivity contribution in [2.24, 2.45) is 5.73 Å². The second-order valence-electron chi connectivity index (χ2n) is 5.46. The molecule has 7 heteroatoms. The molecule has 0 aliphatic rings. The van der Waals surface area contributed by atoms with E-state index < -0.39 is 6.04 Å². The fourth-order valence-electron chi connectivity index (χ4n) is 2.41. The van der Waals surface area contributed by atoms with Crippen LogP contribution in [0, 0.1) is 0 Å². The van der Waals surface area contributed by atoms with Crippen LogP contribution in [0.4, 0.5) is 0 Å². The zero-order chi connectivity index (χ0) is 17.1. The molecule has 4 N–H and O–H groups in total. The van der Waals surface area contributed by atoms with Gasteiger partial charge in [0.05, 0.1) is 23.6 Å². The predicted molar refractivity (Wildman–Crippen MR) is 96.1 cm³/mol. The number of amides is 1.